The molecule has 0 spiro atoms. The fourth-order valence-corrected chi connectivity index (χ4v) is 1.98. The number of aliphatic hydroxyl groups excluding tert-OH is 3. The fraction of sp³-hybridized carbons (Fsp3) is 0.529. The summed E-state index contributed by atoms with van der Waals surface area (Å²) >= 11 is 0. The fourth-order valence-electron chi connectivity index (χ4n) is 1.98. The number of hydrogen-bond acceptors (Lipinski definition) is 6. The number of carbonyl (C=O) groups is 2. The predicted octanol–water partition coefficient (Wildman–Crippen LogP) is 1.30. The second-order valence-corrected chi connectivity index (χ2v) is 5.43. The third kappa shape index (κ3) is 5.13. The van der Waals surface area contributed by atoms with Gasteiger partial charge in [-0.25, -0.2) is 0 Å². The Morgan fingerprint density at radius 1 is 1.00 bits per heavy atom. The minimum Gasteiger partial charge on any atom is -0.495 e. The Bertz CT molecular complexity index is 471. The molecule has 0 radical (unpaired) electrons. The number of aryl methyl sites for hydroxylation is 2. The lowest BCUT2D eigenvalue weighted by Gasteiger charge is -2.24. The van der Waals surface area contributed by atoms with E-state index in [-0.39, 0.29) is 19.8 Å². The number of aliphatic hydroxyl groups is 3. The molecule has 0 aliphatic carbocycles. The van der Waals surface area contributed by atoms with Crippen LogP contribution in [0.1, 0.15) is 45.2 Å². The molecule has 130 valence electrons. The summed E-state index contributed by atoms with van der Waals surface area (Å²) in [6.07, 6.45) is 2.01. The highest BCUT2D eigenvalue weighted by Crippen LogP contribution is 2.27. The molecule has 23 heavy (non-hydrogen) atoms. The molecule has 0 bridgehead atoms. The van der Waals surface area contributed by atoms with E-state index >= 15 is 0 Å². The quantitative estimate of drug-likeness (QED) is 0.652. The Hall–Kier alpha value is -1.76. The van der Waals surface area contributed by atoms with Gasteiger partial charge >= 0.3 is 0 Å². The van der Waals surface area contributed by atoms with Crippen LogP contribution in [0, 0.1) is 19.3 Å². The zero-order chi connectivity index (χ0) is 18.0. The molecule has 1 aromatic carbocycles. The first kappa shape index (κ1) is 21.2. The smallest absolute Gasteiger partial charge is 0.154 e. The monoisotopic (exact) mass is 326 g/mol. The van der Waals surface area contributed by atoms with Gasteiger partial charge in [-0.1, -0.05) is 13.0 Å². The van der Waals surface area contributed by atoms with Gasteiger partial charge in [-0.15, -0.1) is 0 Å². The summed E-state index contributed by atoms with van der Waals surface area (Å²) in [7, 11) is 1.45. The normalized spacial score (nSPS) is 10.6. The molecule has 3 N–H and O–H groups in total. The number of ether oxygens (including phenoxy) is 1. The molecule has 0 aliphatic heterocycles. The standard InChI is InChI=1S/C11H12O3.C6H14O3/c1-7-4-8(2)10(6-13)11(14-3)9(7)5-12;1-2-6(3-7,4-8)5-9/h4-6H,1-3H3;7-9H,2-5H2,1H3. The van der Waals surface area contributed by atoms with Gasteiger partial charge in [0.25, 0.3) is 0 Å². The SMILES string of the molecule is CCC(CO)(CO)CO.COc1c(C=O)c(C)cc(C)c1C=O. The Morgan fingerprint density at radius 3 is 1.57 bits per heavy atom. The van der Waals surface area contributed by atoms with Crippen LogP contribution in [-0.2, 0) is 0 Å². The van der Waals surface area contributed by atoms with Crippen LogP contribution in [0.2, 0.25) is 0 Å². The highest BCUT2D eigenvalue weighted by Gasteiger charge is 2.24. The lowest BCUT2D eigenvalue weighted by Crippen LogP contribution is -2.32. The minimum absolute atomic E-state index is 0.156. The van der Waals surface area contributed by atoms with Crippen molar-refractivity contribution < 1.29 is 29.6 Å². The van der Waals surface area contributed by atoms with Gasteiger partial charge in [0.15, 0.2) is 12.6 Å². The maximum atomic E-state index is 10.8. The molecule has 0 saturated heterocycles. The molecule has 0 atom stereocenters. The van der Waals surface area contributed by atoms with Crippen molar-refractivity contribution in [1.82, 2.24) is 0 Å². The van der Waals surface area contributed by atoms with Crippen molar-refractivity contribution in [2.24, 2.45) is 5.41 Å². The number of aldehydes is 2. The van der Waals surface area contributed by atoms with Crippen molar-refractivity contribution in [3.05, 3.63) is 28.3 Å². The summed E-state index contributed by atoms with van der Waals surface area (Å²) in [6.45, 7) is 4.98. The molecular weight excluding hydrogens is 300 g/mol. The molecule has 0 saturated carbocycles. The van der Waals surface area contributed by atoms with E-state index in [4.69, 9.17) is 20.1 Å². The van der Waals surface area contributed by atoms with Crippen LogP contribution in [0.25, 0.3) is 0 Å². The molecule has 6 nitrogen and oxygen atoms in total. The van der Waals surface area contributed by atoms with Crippen LogP contribution in [-0.4, -0.2) is 54.8 Å². The van der Waals surface area contributed by atoms with E-state index in [9.17, 15) is 9.59 Å². The van der Waals surface area contributed by atoms with E-state index in [1.807, 2.05) is 20.8 Å². The van der Waals surface area contributed by atoms with Gasteiger partial charge in [0.2, 0.25) is 0 Å². The summed E-state index contributed by atoms with van der Waals surface area (Å²) in [5, 5.41) is 26.0. The Kier molecular flexibility index (Phi) is 9.32. The van der Waals surface area contributed by atoms with E-state index in [1.54, 1.807) is 6.07 Å². The van der Waals surface area contributed by atoms with Gasteiger partial charge in [0.05, 0.1) is 38.1 Å². The van der Waals surface area contributed by atoms with Gasteiger partial charge in [-0.2, -0.15) is 0 Å². The van der Waals surface area contributed by atoms with E-state index in [0.717, 1.165) is 11.1 Å². The van der Waals surface area contributed by atoms with E-state index in [2.05, 4.69) is 0 Å². The van der Waals surface area contributed by atoms with Crippen LogP contribution < -0.4 is 4.74 Å². The van der Waals surface area contributed by atoms with Crippen LogP contribution in [0.15, 0.2) is 6.07 Å². The number of methoxy groups -OCH3 is 1. The molecule has 0 aromatic heterocycles. The lowest BCUT2D eigenvalue weighted by molar-refractivity contribution is 0.00304. The summed E-state index contributed by atoms with van der Waals surface area (Å²) in [5.74, 6) is 0.368. The van der Waals surface area contributed by atoms with Crippen molar-refractivity contribution >= 4 is 12.6 Å². The Balaban J connectivity index is 0.000000468. The maximum Gasteiger partial charge on any atom is 0.154 e. The summed E-state index contributed by atoms with van der Waals surface area (Å²) in [6, 6.07) is 1.80. The predicted molar refractivity (Wildman–Crippen MR) is 87.2 cm³/mol. The minimum atomic E-state index is -0.667. The van der Waals surface area contributed by atoms with Gasteiger partial charge in [0, 0.05) is 5.41 Å². The van der Waals surface area contributed by atoms with Crippen molar-refractivity contribution in [1.29, 1.82) is 0 Å². The Labute approximate surface area is 136 Å². The van der Waals surface area contributed by atoms with Crippen LogP contribution in [0.4, 0.5) is 0 Å². The first-order valence-electron chi connectivity index (χ1n) is 7.31. The lowest BCUT2D eigenvalue weighted by atomic mass is 9.88. The highest BCUT2D eigenvalue weighted by molar-refractivity contribution is 5.91. The second kappa shape index (κ2) is 10.1. The van der Waals surface area contributed by atoms with Crippen molar-refractivity contribution in [3.63, 3.8) is 0 Å². The molecule has 0 aliphatic rings. The van der Waals surface area contributed by atoms with Crippen molar-refractivity contribution in [2.75, 3.05) is 26.9 Å². The third-order valence-electron chi connectivity index (χ3n) is 3.97. The highest BCUT2D eigenvalue weighted by atomic mass is 16.5. The average molecular weight is 326 g/mol. The maximum absolute atomic E-state index is 10.8. The summed E-state index contributed by atoms with van der Waals surface area (Å²) < 4.78 is 5.06. The Morgan fingerprint density at radius 2 is 1.39 bits per heavy atom. The van der Waals surface area contributed by atoms with Gasteiger partial charge in [-0.3, -0.25) is 9.59 Å². The molecule has 0 amide bonds. The van der Waals surface area contributed by atoms with E-state index < -0.39 is 5.41 Å². The first-order chi connectivity index (χ1) is 10.9. The van der Waals surface area contributed by atoms with E-state index in [1.165, 1.54) is 7.11 Å². The number of rotatable bonds is 7. The molecule has 0 heterocycles. The molecular formula is C17H26O6. The first-order valence-corrected chi connectivity index (χ1v) is 7.31. The largest absolute Gasteiger partial charge is 0.495 e. The van der Waals surface area contributed by atoms with Gasteiger partial charge < -0.3 is 20.1 Å². The topological polar surface area (TPSA) is 104 Å². The number of carbonyl (C=O) groups excluding carboxylic acids is 2. The van der Waals surface area contributed by atoms with Crippen molar-refractivity contribution in [3.8, 4) is 5.75 Å². The van der Waals surface area contributed by atoms with Crippen LogP contribution >= 0.6 is 0 Å². The number of benzene rings is 1. The molecule has 1 rings (SSSR count). The van der Waals surface area contributed by atoms with Gasteiger partial charge in [-0.05, 0) is 31.4 Å². The van der Waals surface area contributed by atoms with Gasteiger partial charge in [0.1, 0.15) is 5.75 Å². The molecule has 1 aromatic rings. The second-order valence-electron chi connectivity index (χ2n) is 5.43. The zero-order valence-corrected chi connectivity index (χ0v) is 14.1. The van der Waals surface area contributed by atoms with Crippen LogP contribution in [0.3, 0.4) is 0 Å². The van der Waals surface area contributed by atoms with Crippen LogP contribution in [0.5, 0.6) is 5.75 Å². The third-order valence-corrected chi connectivity index (χ3v) is 3.97. The summed E-state index contributed by atoms with van der Waals surface area (Å²) in [4.78, 5) is 21.6. The average Bonchev–Trinajstić information content (AvgIpc) is 2.57. The summed E-state index contributed by atoms with van der Waals surface area (Å²) in [5.41, 5.74) is 1.86. The zero-order valence-electron chi connectivity index (χ0n) is 14.1. The van der Waals surface area contributed by atoms with E-state index in [0.29, 0.717) is 35.9 Å². The molecule has 0 fully saturated rings. The molecule has 0 unspecified atom stereocenters. The molecule has 6 heteroatoms. The number of hydrogen-bond donors (Lipinski definition) is 3. The van der Waals surface area contributed by atoms with Crippen molar-refractivity contribution in [2.45, 2.75) is 27.2 Å².